The molecule has 44 heavy (non-hydrogen) atoms. The number of benzene rings is 9. The zero-order valence-corrected chi connectivity index (χ0v) is 23.7. The van der Waals surface area contributed by atoms with Crippen molar-refractivity contribution in [2.75, 3.05) is 0 Å². The molecule has 1 nitrogen and oxygen atoms in total. The Kier molecular flexibility index (Phi) is 5.09. The third-order valence-corrected chi connectivity index (χ3v) is 12.3. The maximum Gasteiger partial charge on any atom is 0.178 e. The molecule has 0 aliphatic heterocycles. The largest absolute Gasteiger partial charge is 0.308 e. The van der Waals surface area contributed by atoms with E-state index in [1.165, 1.54) is 0 Å². The number of hydrogen-bond acceptors (Lipinski definition) is 1. The minimum Gasteiger partial charge on any atom is -0.308 e. The molecule has 210 valence electrons. The summed E-state index contributed by atoms with van der Waals surface area (Å²) in [6.45, 7) is 0. The van der Waals surface area contributed by atoms with Crippen LogP contribution in [-0.4, -0.2) is 0 Å². The van der Waals surface area contributed by atoms with Crippen molar-refractivity contribution in [1.29, 1.82) is 0 Å². The van der Waals surface area contributed by atoms with Gasteiger partial charge >= 0.3 is 0 Å². The molecule has 9 aromatic carbocycles. The highest BCUT2D eigenvalue weighted by molar-refractivity contribution is 7.86. The minimum absolute atomic E-state index is 0.112. The van der Waals surface area contributed by atoms with Crippen LogP contribution in [-0.2, 0) is 4.57 Å². The second-order valence-electron chi connectivity index (χ2n) is 11.3. The van der Waals surface area contributed by atoms with E-state index in [0.717, 1.165) is 53.9 Å². The van der Waals surface area contributed by atoms with E-state index in [0.29, 0.717) is 10.8 Å². The average Bonchev–Trinajstić information content (AvgIpc) is 3.05. The van der Waals surface area contributed by atoms with E-state index in [1.807, 2.05) is 72.8 Å². The molecular weight excluding hydrogens is 579 g/mol. The Hall–Kier alpha value is -4.99. The third-order valence-electron chi connectivity index (χ3n) is 9.09. The third kappa shape index (κ3) is 3.17. The van der Waals surface area contributed by atoms with E-state index in [9.17, 15) is 8.78 Å². The van der Waals surface area contributed by atoms with E-state index in [2.05, 4.69) is 0 Å². The van der Waals surface area contributed by atoms with Crippen LogP contribution in [0.25, 0.3) is 64.6 Å². The van der Waals surface area contributed by atoms with Gasteiger partial charge in [0.1, 0.15) is 0 Å². The Morgan fingerprint density at radius 1 is 0.409 bits per heavy atom. The van der Waals surface area contributed by atoms with Gasteiger partial charge < -0.3 is 4.57 Å². The number of rotatable bonds is 3. The molecule has 0 radical (unpaired) electrons. The zero-order valence-electron chi connectivity index (χ0n) is 22.8. The molecule has 0 aliphatic carbocycles. The van der Waals surface area contributed by atoms with Crippen LogP contribution in [0.4, 0.5) is 17.6 Å². The molecule has 0 spiro atoms. The molecule has 0 saturated heterocycles. The summed E-state index contributed by atoms with van der Waals surface area (Å²) in [5, 5.41) is 9.00. The van der Waals surface area contributed by atoms with Crippen molar-refractivity contribution in [2.24, 2.45) is 0 Å². The van der Waals surface area contributed by atoms with Gasteiger partial charge in [0.15, 0.2) is 30.4 Å². The highest BCUT2D eigenvalue weighted by atomic mass is 31.2. The molecule has 0 fully saturated rings. The Labute approximate surface area is 248 Å². The topological polar surface area (TPSA) is 17.1 Å². The summed E-state index contributed by atoms with van der Waals surface area (Å²) in [7, 11) is -4.65. The minimum atomic E-state index is -4.65. The summed E-state index contributed by atoms with van der Waals surface area (Å²) in [5.74, 6) is -6.53. The highest BCUT2D eigenvalue weighted by Crippen LogP contribution is 2.50. The average molecular weight is 599 g/mol. The van der Waals surface area contributed by atoms with Gasteiger partial charge in [-0.15, -0.1) is 0 Å². The molecule has 0 saturated carbocycles. The Bertz CT molecular complexity index is 2490. The van der Waals surface area contributed by atoms with Gasteiger partial charge in [0.25, 0.3) is 0 Å². The van der Waals surface area contributed by atoms with Gasteiger partial charge in [-0.25, -0.2) is 17.6 Å². The van der Waals surface area contributed by atoms with Crippen molar-refractivity contribution < 1.29 is 22.1 Å². The molecule has 0 bridgehead atoms. The van der Waals surface area contributed by atoms with E-state index in [1.54, 1.807) is 36.4 Å². The van der Waals surface area contributed by atoms with Crippen LogP contribution in [0.1, 0.15) is 0 Å². The lowest BCUT2D eigenvalue weighted by Crippen LogP contribution is -2.32. The Balaban J connectivity index is 1.51. The van der Waals surface area contributed by atoms with Crippen molar-refractivity contribution in [3.63, 3.8) is 0 Å². The van der Waals surface area contributed by atoms with E-state index >= 15 is 13.3 Å². The second-order valence-corrected chi connectivity index (χ2v) is 13.9. The van der Waals surface area contributed by atoms with Crippen molar-refractivity contribution in [3.8, 4) is 0 Å². The summed E-state index contributed by atoms with van der Waals surface area (Å²) in [4.78, 5) is 0. The summed E-state index contributed by atoms with van der Waals surface area (Å²) < 4.78 is 77.9. The lowest BCUT2D eigenvalue weighted by atomic mass is 9.94. The summed E-state index contributed by atoms with van der Waals surface area (Å²) in [6.07, 6.45) is 0. The summed E-state index contributed by atoms with van der Waals surface area (Å²) >= 11 is 0. The highest BCUT2D eigenvalue weighted by Gasteiger charge is 2.41. The molecule has 0 heterocycles. The van der Waals surface area contributed by atoms with Crippen molar-refractivity contribution in [1.82, 2.24) is 0 Å². The summed E-state index contributed by atoms with van der Waals surface area (Å²) in [6, 6.07) is 33.8. The first-order valence-electron chi connectivity index (χ1n) is 14.1. The molecular formula is C38H19F4OP. The van der Waals surface area contributed by atoms with Crippen LogP contribution in [0.5, 0.6) is 0 Å². The van der Waals surface area contributed by atoms with Crippen molar-refractivity contribution in [3.05, 3.63) is 139 Å². The fourth-order valence-electron chi connectivity index (χ4n) is 7.20. The van der Waals surface area contributed by atoms with Crippen LogP contribution in [0.15, 0.2) is 115 Å². The van der Waals surface area contributed by atoms with Crippen molar-refractivity contribution in [2.45, 2.75) is 0 Å². The van der Waals surface area contributed by atoms with Crippen LogP contribution < -0.4 is 15.9 Å². The van der Waals surface area contributed by atoms with E-state index < -0.39 is 35.7 Å². The Morgan fingerprint density at radius 3 is 1.16 bits per heavy atom. The summed E-state index contributed by atoms with van der Waals surface area (Å²) in [5.41, 5.74) is 0. The first kappa shape index (κ1) is 25.5. The van der Waals surface area contributed by atoms with Gasteiger partial charge in [0, 0.05) is 16.7 Å². The lowest BCUT2D eigenvalue weighted by molar-refractivity contribution is 0.462. The quantitative estimate of drug-likeness (QED) is 0.0857. The Morgan fingerprint density at radius 2 is 0.750 bits per heavy atom. The molecule has 0 amide bonds. The fraction of sp³-hybridized carbons (Fsp3) is 0. The van der Waals surface area contributed by atoms with Crippen molar-refractivity contribution >= 4 is 87.7 Å². The monoisotopic (exact) mass is 598 g/mol. The first-order valence-corrected chi connectivity index (χ1v) is 15.8. The SMILES string of the molecule is O=P(c1c(F)c(F)cc(F)c1F)(c1ccc2ccc3cccc4ccc1c2c34)c1ccc2ccc3cccc4ccc1c2c34. The molecule has 9 aromatic rings. The molecule has 0 aromatic heterocycles. The molecule has 0 atom stereocenters. The first-order chi connectivity index (χ1) is 21.4. The smallest absolute Gasteiger partial charge is 0.178 e. The molecule has 0 aliphatic rings. The lowest BCUT2D eigenvalue weighted by Gasteiger charge is -2.26. The maximum atomic E-state index is 16.0. The number of hydrogen-bond donors (Lipinski definition) is 0. The van der Waals surface area contributed by atoms with Gasteiger partial charge in [0.05, 0.1) is 5.30 Å². The molecule has 0 N–H and O–H groups in total. The van der Waals surface area contributed by atoms with Gasteiger partial charge in [-0.1, -0.05) is 97.1 Å². The van der Waals surface area contributed by atoms with Crippen LogP contribution >= 0.6 is 7.14 Å². The van der Waals surface area contributed by atoms with Crippen LogP contribution in [0, 0.1) is 23.3 Å². The van der Waals surface area contributed by atoms with E-state index in [-0.39, 0.29) is 16.7 Å². The standard InChI is InChI=1S/C38H19F4OP/c39-28-19-29(40)37(42)38(36(28)41)44(43,30-17-13-24-9-7-20-3-1-5-22-11-15-26(30)34(24)32(20)22)31-18-14-25-10-8-21-4-2-6-23-12-16-27(31)35(25)33(21)23/h1-19H. The van der Waals surface area contributed by atoms with Gasteiger partial charge in [-0.2, -0.15) is 0 Å². The normalized spacial score (nSPS) is 12.6. The van der Waals surface area contributed by atoms with E-state index in [4.69, 9.17) is 0 Å². The predicted octanol–water partition coefficient (Wildman–Crippen LogP) is 9.68. The van der Waals surface area contributed by atoms with Gasteiger partial charge in [-0.05, 0) is 76.8 Å². The van der Waals surface area contributed by atoms with Gasteiger partial charge in [-0.3, -0.25) is 0 Å². The number of halogens is 4. The molecule has 0 unspecified atom stereocenters. The zero-order chi connectivity index (χ0) is 29.9. The second kappa shape index (κ2) is 8.78. The van der Waals surface area contributed by atoms with Crippen LogP contribution in [0.2, 0.25) is 0 Å². The van der Waals surface area contributed by atoms with Crippen LogP contribution in [0.3, 0.4) is 0 Å². The molecule has 6 heteroatoms. The predicted molar refractivity (Wildman–Crippen MR) is 173 cm³/mol. The maximum absolute atomic E-state index is 16.0. The molecule has 9 rings (SSSR count). The fourth-order valence-corrected chi connectivity index (χ4v) is 10.3. The van der Waals surface area contributed by atoms with Gasteiger partial charge in [0.2, 0.25) is 0 Å².